The molecule has 0 fully saturated rings. The van der Waals surface area contributed by atoms with Gasteiger partial charge in [-0.1, -0.05) is 12.0 Å². The fourth-order valence-electron chi connectivity index (χ4n) is 2.16. The minimum absolute atomic E-state index is 0. The summed E-state index contributed by atoms with van der Waals surface area (Å²) in [4.78, 5) is 18.4. The number of aryl methyl sites for hydroxylation is 1. The number of nitrogen functional groups attached to an aromatic ring is 1. The summed E-state index contributed by atoms with van der Waals surface area (Å²) in [7, 11) is 3.93. The van der Waals surface area contributed by atoms with Crippen molar-refractivity contribution >= 4 is 16.9 Å². The van der Waals surface area contributed by atoms with Crippen molar-refractivity contribution < 1.29 is 2.85 Å². The van der Waals surface area contributed by atoms with Crippen molar-refractivity contribution in [1.82, 2.24) is 24.8 Å². The van der Waals surface area contributed by atoms with Crippen molar-refractivity contribution in [2.24, 2.45) is 0 Å². The Labute approximate surface area is 137 Å². The molecule has 0 aliphatic carbocycles. The molecule has 0 unspecified atom stereocenters. The number of imidazole rings is 1. The maximum atomic E-state index is 5.96. The second-order valence-corrected chi connectivity index (χ2v) is 5.63. The molecule has 1 aromatic carbocycles. The highest BCUT2D eigenvalue weighted by molar-refractivity contribution is 5.81. The summed E-state index contributed by atoms with van der Waals surface area (Å²) >= 11 is 0. The summed E-state index contributed by atoms with van der Waals surface area (Å²) in [5.74, 6) is 6.96. The number of benzene rings is 1. The quantitative estimate of drug-likeness (QED) is 0.710. The van der Waals surface area contributed by atoms with Crippen LogP contribution in [0.15, 0.2) is 24.4 Å². The summed E-state index contributed by atoms with van der Waals surface area (Å²) < 4.78 is 0. The van der Waals surface area contributed by atoms with Crippen LogP contribution < -0.4 is 5.73 Å². The van der Waals surface area contributed by atoms with Gasteiger partial charge >= 0.3 is 0 Å². The molecule has 0 spiro atoms. The van der Waals surface area contributed by atoms with Gasteiger partial charge < -0.3 is 10.7 Å². The average Bonchev–Trinajstić information content (AvgIpc) is 2.91. The Morgan fingerprint density at radius 1 is 1.30 bits per heavy atom. The number of nitrogens with two attached hydrogens (primary N) is 1. The Balaban J connectivity index is 0.00000156. The van der Waals surface area contributed by atoms with E-state index in [1.54, 1.807) is 6.20 Å². The van der Waals surface area contributed by atoms with E-state index in [0.717, 1.165) is 16.6 Å². The minimum atomic E-state index is 0. The molecule has 0 atom stereocenters. The number of aromatic amines is 1. The van der Waals surface area contributed by atoms with E-state index in [1.165, 1.54) is 0 Å². The zero-order valence-corrected chi connectivity index (χ0v) is 13.4. The van der Waals surface area contributed by atoms with Crippen LogP contribution in [-0.2, 0) is 0 Å². The van der Waals surface area contributed by atoms with Gasteiger partial charge in [-0.2, -0.15) is 0 Å². The van der Waals surface area contributed by atoms with Crippen molar-refractivity contribution in [1.29, 1.82) is 0 Å². The first-order valence-corrected chi connectivity index (χ1v) is 7.26. The van der Waals surface area contributed by atoms with E-state index in [0.29, 0.717) is 29.6 Å². The van der Waals surface area contributed by atoms with Crippen LogP contribution in [0.5, 0.6) is 0 Å². The molecule has 0 amide bonds. The predicted molar refractivity (Wildman–Crippen MR) is 95.9 cm³/mol. The van der Waals surface area contributed by atoms with E-state index >= 15 is 0 Å². The van der Waals surface area contributed by atoms with Crippen molar-refractivity contribution in [3.05, 3.63) is 35.7 Å². The van der Waals surface area contributed by atoms with Gasteiger partial charge in [-0.25, -0.2) is 15.0 Å². The second kappa shape index (κ2) is 6.07. The summed E-state index contributed by atoms with van der Waals surface area (Å²) in [5.41, 5.74) is 10.0. The Kier molecular flexibility index (Phi) is 3.96. The zero-order valence-electron chi connectivity index (χ0n) is 13.4. The molecule has 3 aromatic rings. The highest BCUT2D eigenvalue weighted by atomic mass is 15.0. The smallest absolute Gasteiger partial charge is 0.161 e. The lowest BCUT2D eigenvalue weighted by atomic mass is 10.2. The van der Waals surface area contributed by atoms with Crippen molar-refractivity contribution in [3.63, 3.8) is 0 Å². The molecule has 3 N–H and O–H groups in total. The van der Waals surface area contributed by atoms with Gasteiger partial charge in [0.1, 0.15) is 11.4 Å². The van der Waals surface area contributed by atoms with Crippen LogP contribution in [0.4, 0.5) is 5.82 Å². The SMILES string of the molecule is Cc1ccc2nc(-c3nc(C#CCN(C)C)cnc3N)[nH]c2c1.[HH].[HH]. The van der Waals surface area contributed by atoms with E-state index in [4.69, 9.17) is 5.73 Å². The first kappa shape index (κ1) is 15.0. The number of H-pyrrole nitrogens is 1. The molecule has 0 saturated heterocycles. The van der Waals surface area contributed by atoms with E-state index in [1.807, 2.05) is 44.1 Å². The van der Waals surface area contributed by atoms with E-state index in [9.17, 15) is 0 Å². The monoisotopic (exact) mass is 310 g/mol. The number of anilines is 1. The lowest BCUT2D eigenvalue weighted by Gasteiger charge is -2.02. The standard InChI is InChI=1S/C17H18N6.2H2/c1-11-6-7-13-14(9-11)22-17(21-13)15-16(18)19-10-12(20-15)5-4-8-23(2)3;;/h6-7,9-10H,8H2,1-3H3,(H2,18,19)(H,21,22);2*1H. The Hall–Kier alpha value is -2.91. The van der Waals surface area contributed by atoms with Crippen LogP contribution in [0, 0.1) is 18.8 Å². The van der Waals surface area contributed by atoms with Crippen molar-refractivity contribution in [3.8, 4) is 23.4 Å². The average molecular weight is 310 g/mol. The fraction of sp³-hybridized carbons (Fsp3) is 0.235. The number of aromatic nitrogens is 4. The minimum Gasteiger partial charge on any atom is -0.382 e. The van der Waals surface area contributed by atoms with Gasteiger partial charge in [-0.15, -0.1) is 0 Å². The van der Waals surface area contributed by atoms with Gasteiger partial charge in [0.15, 0.2) is 11.6 Å². The molecule has 2 aromatic heterocycles. The van der Waals surface area contributed by atoms with Crippen LogP contribution in [0.1, 0.15) is 14.1 Å². The Morgan fingerprint density at radius 2 is 2.13 bits per heavy atom. The molecule has 0 bridgehead atoms. The van der Waals surface area contributed by atoms with Crippen LogP contribution in [0.3, 0.4) is 0 Å². The number of rotatable bonds is 2. The van der Waals surface area contributed by atoms with Gasteiger partial charge in [0.25, 0.3) is 0 Å². The number of hydrogen-bond acceptors (Lipinski definition) is 5. The molecule has 23 heavy (non-hydrogen) atoms. The highest BCUT2D eigenvalue weighted by Crippen LogP contribution is 2.23. The third-order valence-corrected chi connectivity index (χ3v) is 3.27. The van der Waals surface area contributed by atoms with Gasteiger partial charge in [0, 0.05) is 2.85 Å². The summed E-state index contributed by atoms with van der Waals surface area (Å²) in [6, 6.07) is 6.02. The Bertz CT molecular complexity index is 924. The molecule has 6 heteroatoms. The zero-order chi connectivity index (χ0) is 16.4. The predicted octanol–water partition coefficient (Wildman–Crippen LogP) is 2.32. The van der Waals surface area contributed by atoms with Gasteiger partial charge in [0.05, 0.1) is 23.8 Å². The molecular formula is C17H22N6. The van der Waals surface area contributed by atoms with Crippen molar-refractivity contribution in [2.75, 3.05) is 26.4 Å². The molecule has 3 rings (SSSR count). The first-order valence-electron chi connectivity index (χ1n) is 7.26. The first-order chi connectivity index (χ1) is 11.0. The summed E-state index contributed by atoms with van der Waals surface area (Å²) in [6.07, 6.45) is 1.58. The third kappa shape index (κ3) is 3.30. The number of fused-ring (bicyclic) bond motifs is 1. The topological polar surface area (TPSA) is 83.7 Å². The largest absolute Gasteiger partial charge is 0.382 e. The second-order valence-electron chi connectivity index (χ2n) is 5.63. The maximum absolute atomic E-state index is 5.96. The van der Waals surface area contributed by atoms with Crippen molar-refractivity contribution in [2.45, 2.75) is 6.92 Å². The van der Waals surface area contributed by atoms with Crippen LogP contribution in [-0.4, -0.2) is 45.5 Å². The molecule has 0 saturated carbocycles. The third-order valence-electron chi connectivity index (χ3n) is 3.27. The lowest BCUT2D eigenvalue weighted by Crippen LogP contribution is -2.10. The molecule has 120 valence electrons. The van der Waals surface area contributed by atoms with E-state index in [-0.39, 0.29) is 2.85 Å². The van der Waals surface area contributed by atoms with Gasteiger partial charge in [-0.3, -0.25) is 4.90 Å². The van der Waals surface area contributed by atoms with E-state index in [2.05, 4.69) is 31.8 Å². The molecule has 6 nitrogen and oxygen atoms in total. The van der Waals surface area contributed by atoms with E-state index < -0.39 is 0 Å². The highest BCUT2D eigenvalue weighted by Gasteiger charge is 2.12. The maximum Gasteiger partial charge on any atom is 0.161 e. The van der Waals surface area contributed by atoms with Crippen LogP contribution >= 0.6 is 0 Å². The van der Waals surface area contributed by atoms with Gasteiger partial charge in [0.2, 0.25) is 0 Å². The molecular weight excluding hydrogens is 288 g/mol. The van der Waals surface area contributed by atoms with Crippen LogP contribution in [0.25, 0.3) is 22.6 Å². The molecule has 2 heterocycles. The molecule has 0 radical (unpaired) electrons. The lowest BCUT2D eigenvalue weighted by molar-refractivity contribution is 0.464. The summed E-state index contributed by atoms with van der Waals surface area (Å²) in [5, 5.41) is 0. The normalized spacial score (nSPS) is 10.8. The van der Waals surface area contributed by atoms with Gasteiger partial charge in [-0.05, 0) is 44.6 Å². The molecule has 0 aliphatic heterocycles. The number of hydrogen-bond donors (Lipinski definition) is 2. The molecule has 0 aliphatic rings. The fourth-order valence-corrected chi connectivity index (χ4v) is 2.16. The Morgan fingerprint density at radius 3 is 2.91 bits per heavy atom. The number of nitrogens with one attached hydrogen (secondary N) is 1. The van der Waals surface area contributed by atoms with Crippen LogP contribution in [0.2, 0.25) is 0 Å². The number of nitrogens with zero attached hydrogens (tertiary/aromatic N) is 4. The summed E-state index contributed by atoms with van der Waals surface area (Å²) in [6.45, 7) is 2.69.